The zero-order valence-corrected chi connectivity index (χ0v) is 15.8. The zero-order valence-electron chi connectivity index (χ0n) is 15.0. The number of rotatable bonds is 2. The van der Waals surface area contributed by atoms with Crippen LogP contribution in [0.4, 0.5) is 0 Å². The van der Waals surface area contributed by atoms with Crippen molar-refractivity contribution in [2.45, 2.75) is 33.2 Å². The zero-order chi connectivity index (χ0) is 19.3. The standard InChI is InChI=1S/C20H18ClN3O3/c1-20(2)7-12-13(15(25)8-20)9-22-17-16(12)18(26)23-19(27)24(17)10-11-5-3-4-6-14(11)21/h3-6,9H,7-8,10H2,1-2H3,(H,23,26,27). The number of Topliss-reactive ketones (excluding diaryl/α,β-unsaturated/α-hetero) is 1. The van der Waals surface area contributed by atoms with Crippen LogP contribution in [0.15, 0.2) is 40.1 Å². The molecular weight excluding hydrogens is 366 g/mol. The Morgan fingerprint density at radius 3 is 2.67 bits per heavy atom. The maximum Gasteiger partial charge on any atom is 0.330 e. The van der Waals surface area contributed by atoms with Crippen LogP contribution in [0.2, 0.25) is 5.02 Å². The van der Waals surface area contributed by atoms with E-state index in [4.69, 9.17) is 11.6 Å². The molecule has 0 spiro atoms. The van der Waals surface area contributed by atoms with Crippen molar-refractivity contribution in [3.8, 4) is 0 Å². The second kappa shape index (κ2) is 6.16. The fourth-order valence-corrected chi connectivity index (χ4v) is 3.94. The molecule has 1 aromatic carbocycles. The lowest BCUT2D eigenvalue weighted by atomic mass is 9.73. The first-order valence-electron chi connectivity index (χ1n) is 8.68. The molecule has 0 bridgehead atoms. The van der Waals surface area contributed by atoms with Gasteiger partial charge >= 0.3 is 5.69 Å². The number of carbonyl (C=O) groups excluding carboxylic acids is 1. The molecular formula is C20H18ClN3O3. The first-order valence-corrected chi connectivity index (χ1v) is 9.06. The first kappa shape index (κ1) is 17.7. The molecule has 0 unspecified atom stereocenters. The highest BCUT2D eigenvalue weighted by molar-refractivity contribution is 6.31. The number of hydrogen-bond acceptors (Lipinski definition) is 4. The van der Waals surface area contributed by atoms with Gasteiger partial charge in [-0.3, -0.25) is 19.1 Å². The van der Waals surface area contributed by atoms with Gasteiger partial charge in [-0.25, -0.2) is 9.78 Å². The van der Waals surface area contributed by atoms with Gasteiger partial charge in [-0.15, -0.1) is 0 Å². The molecule has 0 amide bonds. The topological polar surface area (TPSA) is 84.8 Å². The van der Waals surface area contributed by atoms with Crippen molar-refractivity contribution in [2.75, 3.05) is 0 Å². The number of benzene rings is 1. The van der Waals surface area contributed by atoms with E-state index >= 15 is 0 Å². The number of aromatic nitrogens is 3. The van der Waals surface area contributed by atoms with Crippen LogP contribution in [0, 0.1) is 5.41 Å². The average molecular weight is 384 g/mol. The summed E-state index contributed by atoms with van der Waals surface area (Å²) in [5, 5.41) is 0.832. The predicted octanol–water partition coefficient (Wildman–Crippen LogP) is 2.94. The fourth-order valence-electron chi connectivity index (χ4n) is 3.74. The summed E-state index contributed by atoms with van der Waals surface area (Å²) in [6.07, 6.45) is 2.46. The van der Waals surface area contributed by atoms with Crippen molar-refractivity contribution in [3.05, 3.63) is 73.0 Å². The van der Waals surface area contributed by atoms with Gasteiger partial charge in [0.15, 0.2) is 5.78 Å². The normalized spacial score (nSPS) is 15.7. The number of H-pyrrole nitrogens is 1. The molecule has 2 aromatic heterocycles. The minimum atomic E-state index is -0.554. The summed E-state index contributed by atoms with van der Waals surface area (Å²) >= 11 is 6.23. The van der Waals surface area contributed by atoms with Gasteiger partial charge in [0, 0.05) is 23.2 Å². The lowest BCUT2D eigenvalue weighted by molar-refractivity contribution is 0.0912. The Hall–Kier alpha value is -2.73. The van der Waals surface area contributed by atoms with Gasteiger partial charge < -0.3 is 0 Å². The van der Waals surface area contributed by atoms with Gasteiger partial charge in [0.25, 0.3) is 5.56 Å². The monoisotopic (exact) mass is 383 g/mol. The molecule has 7 heteroatoms. The van der Waals surface area contributed by atoms with E-state index in [1.165, 1.54) is 10.8 Å². The highest BCUT2D eigenvalue weighted by Crippen LogP contribution is 2.36. The van der Waals surface area contributed by atoms with Crippen LogP contribution >= 0.6 is 11.6 Å². The molecule has 6 nitrogen and oxygen atoms in total. The molecule has 0 atom stereocenters. The number of fused-ring (bicyclic) bond motifs is 3. The minimum Gasteiger partial charge on any atom is -0.294 e. The van der Waals surface area contributed by atoms with Crippen LogP contribution < -0.4 is 11.2 Å². The Labute approximate surface area is 159 Å². The summed E-state index contributed by atoms with van der Waals surface area (Å²) in [5.41, 5.74) is 0.819. The number of aromatic amines is 1. The Morgan fingerprint density at radius 1 is 1.19 bits per heavy atom. The molecule has 0 radical (unpaired) electrons. The van der Waals surface area contributed by atoms with Crippen LogP contribution in [0.3, 0.4) is 0 Å². The number of hydrogen-bond donors (Lipinski definition) is 1. The number of ketones is 1. The molecule has 0 fully saturated rings. The van der Waals surface area contributed by atoms with Crippen molar-refractivity contribution in [3.63, 3.8) is 0 Å². The second-order valence-corrected chi connectivity index (χ2v) is 8.13. The summed E-state index contributed by atoms with van der Waals surface area (Å²) in [5.74, 6) is -0.0288. The Bertz CT molecular complexity index is 1210. The third-order valence-corrected chi connectivity index (χ3v) is 5.36. The lowest BCUT2D eigenvalue weighted by Gasteiger charge is -2.30. The Balaban J connectivity index is 2.00. The maximum atomic E-state index is 12.6. The molecule has 0 saturated carbocycles. The van der Waals surface area contributed by atoms with E-state index < -0.39 is 11.2 Å². The largest absolute Gasteiger partial charge is 0.330 e. The third kappa shape index (κ3) is 3.00. The van der Waals surface area contributed by atoms with E-state index in [2.05, 4.69) is 9.97 Å². The van der Waals surface area contributed by atoms with Gasteiger partial charge in [-0.2, -0.15) is 0 Å². The molecule has 2 heterocycles. The molecule has 0 saturated heterocycles. The summed E-state index contributed by atoms with van der Waals surface area (Å²) < 4.78 is 1.39. The van der Waals surface area contributed by atoms with Gasteiger partial charge in [-0.05, 0) is 29.0 Å². The SMILES string of the molecule is CC1(C)CC(=O)c2cnc3c(c2C1)c(=O)[nH]c(=O)n3Cc1ccccc1Cl. The van der Waals surface area contributed by atoms with Crippen LogP contribution in [-0.4, -0.2) is 20.3 Å². The molecule has 1 N–H and O–H groups in total. The van der Waals surface area contributed by atoms with Gasteiger partial charge in [0.05, 0.1) is 11.9 Å². The highest BCUT2D eigenvalue weighted by atomic mass is 35.5. The van der Waals surface area contributed by atoms with Crippen LogP contribution in [0.5, 0.6) is 0 Å². The number of pyridine rings is 1. The van der Waals surface area contributed by atoms with E-state index in [1.807, 2.05) is 32.0 Å². The van der Waals surface area contributed by atoms with Gasteiger partial charge in [-0.1, -0.05) is 43.6 Å². The first-order chi connectivity index (χ1) is 12.8. The van der Waals surface area contributed by atoms with E-state index in [9.17, 15) is 14.4 Å². The molecule has 4 rings (SSSR count). The van der Waals surface area contributed by atoms with Crippen LogP contribution in [0.25, 0.3) is 11.0 Å². The Kier molecular flexibility index (Phi) is 4.03. The van der Waals surface area contributed by atoms with Crippen molar-refractivity contribution in [1.29, 1.82) is 0 Å². The molecule has 1 aliphatic rings. The van der Waals surface area contributed by atoms with Crippen LogP contribution in [-0.2, 0) is 13.0 Å². The van der Waals surface area contributed by atoms with Crippen molar-refractivity contribution >= 4 is 28.4 Å². The number of nitrogens with zero attached hydrogens (tertiary/aromatic N) is 2. The van der Waals surface area contributed by atoms with Gasteiger partial charge in [0.2, 0.25) is 0 Å². The quantitative estimate of drug-likeness (QED) is 0.737. The van der Waals surface area contributed by atoms with E-state index in [1.54, 1.807) is 6.07 Å². The summed E-state index contributed by atoms with van der Waals surface area (Å²) in [7, 11) is 0. The number of halogens is 1. The third-order valence-electron chi connectivity index (χ3n) is 5.00. The predicted molar refractivity (Wildman–Crippen MR) is 104 cm³/mol. The lowest BCUT2D eigenvalue weighted by Crippen LogP contribution is -2.34. The second-order valence-electron chi connectivity index (χ2n) is 7.73. The summed E-state index contributed by atoms with van der Waals surface area (Å²) in [6.45, 7) is 4.16. The molecule has 0 aliphatic heterocycles. The molecule has 1 aliphatic carbocycles. The van der Waals surface area contributed by atoms with E-state index in [-0.39, 0.29) is 23.4 Å². The summed E-state index contributed by atoms with van der Waals surface area (Å²) in [4.78, 5) is 44.3. The minimum absolute atomic E-state index is 0.0288. The van der Waals surface area contributed by atoms with Gasteiger partial charge in [0.1, 0.15) is 5.65 Å². The smallest absolute Gasteiger partial charge is 0.294 e. The van der Waals surface area contributed by atoms with E-state index in [0.717, 1.165) is 5.56 Å². The van der Waals surface area contributed by atoms with E-state index in [0.29, 0.717) is 34.4 Å². The van der Waals surface area contributed by atoms with Crippen molar-refractivity contribution < 1.29 is 4.79 Å². The fraction of sp³-hybridized carbons (Fsp3) is 0.300. The van der Waals surface area contributed by atoms with Crippen molar-refractivity contribution in [2.24, 2.45) is 5.41 Å². The van der Waals surface area contributed by atoms with Crippen LogP contribution in [0.1, 0.15) is 41.8 Å². The highest BCUT2D eigenvalue weighted by Gasteiger charge is 2.33. The summed E-state index contributed by atoms with van der Waals surface area (Å²) in [6, 6.07) is 7.20. The maximum absolute atomic E-state index is 12.6. The average Bonchev–Trinajstić information content (AvgIpc) is 2.58. The molecule has 3 aromatic rings. The van der Waals surface area contributed by atoms with Crippen molar-refractivity contribution in [1.82, 2.24) is 14.5 Å². The number of nitrogens with one attached hydrogen (secondary N) is 1. The Morgan fingerprint density at radius 2 is 1.93 bits per heavy atom. The number of carbonyl (C=O) groups is 1. The molecule has 27 heavy (non-hydrogen) atoms. The molecule has 138 valence electrons.